The number of benzene rings is 2. The second-order valence-electron chi connectivity index (χ2n) is 5.97. The fraction of sp³-hybridized carbons (Fsp3) is 0.263. The van der Waals surface area contributed by atoms with E-state index >= 15 is 0 Å². The molecule has 0 radical (unpaired) electrons. The predicted molar refractivity (Wildman–Crippen MR) is 111 cm³/mol. The number of hydrogen-bond acceptors (Lipinski definition) is 2. The van der Waals surface area contributed by atoms with Gasteiger partial charge in [-0.1, -0.05) is 58.5 Å². The lowest BCUT2D eigenvalue weighted by Crippen LogP contribution is -2.47. The molecule has 0 unspecified atom stereocenters. The standard InChI is InChI=1S/C19H18Cl4N2O2/c1-11(19(27)24-2)25(10-12-3-6-15(21)17(23)7-12)18(26)8-13-4-5-14(20)9-16(13)22/h3-7,9,11H,8,10H2,1-2H3,(H,24,27)/t11-/m0/s1. The van der Waals surface area contributed by atoms with E-state index in [9.17, 15) is 9.59 Å². The van der Waals surface area contributed by atoms with E-state index in [0.29, 0.717) is 25.7 Å². The van der Waals surface area contributed by atoms with Crippen LogP contribution in [0.5, 0.6) is 0 Å². The maximum atomic E-state index is 13.0. The molecule has 2 rings (SSSR count). The van der Waals surface area contributed by atoms with E-state index in [1.807, 2.05) is 0 Å². The molecule has 2 aromatic carbocycles. The molecule has 0 aliphatic heterocycles. The molecule has 0 aromatic heterocycles. The van der Waals surface area contributed by atoms with Crippen molar-refractivity contribution in [1.29, 1.82) is 0 Å². The van der Waals surface area contributed by atoms with Gasteiger partial charge in [0.25, 0.3) is 0 Å². The Bertz CT molecular complexity index is 858. The number of hydrogen-bond donors (Lipinski definition) is 1. The topological polar surface area (TPSA) is 49.4 Å². The van der Waals surface area contributed by atoms with Gasteiger partial charge in [0.05, 0.1) is 16.5 Å². The first-order valence-electron chi connectivity index (χ1n) is 8.11. The normalized spacial score (nSPS) is 11.8. The van der Waals surface area contributed by atoms with Crippen molar-refractivity contribution in [2.75, 3.05) is 7.05 Å². The Morgan fingerprint density at radius 2 is 1.70 bits per heavy atom. The lowest BCUT2D eigenvalue weighted by Gasteiger charge is -2.28. The van der Waals surface area contributed by atoms with Crippen LogP contribution in [0.1, 0.15) is 18.1 Å². The van der Waals surface area contributed by atoms with Crippen molar-refractivity contribution in [2.45, 2.75) is 25.9 Å². The summed E-state index contributed by atoms with van der Waals surface area (Å²) >= 11 is 24.1. The van der Waals surface area contributed by atoms with E-state index < -0.39 is 6.04 Å². The molecule has 0 heterocycles. The van der Waals surface area contributed by atoms with Crippen LogP contribution in [-0.4, -0.2) is 29.8 Å². The first-order chi connectivity index (χ1) is 12.7. The summed E-state index contributed by atoms with van der Waals surface area (Å²) in [5.41, 5.74) is 1.39. The number of rotatable bonds is 6. The van der Waals surface area contributed by atoms with Gasteiger partial charge in [-0.05, 0) is 42.3 Å². The minimum absolute atomic E-state index is 0.0403. The quantitative estimate of drug-likeness (QED) is 0.676. The smallest absolute Gasteiger partial charge is 0.242 e. The van der Waals surface area contributed by atoms with Crippen molar-refractivity contribution in [3.8, 4) is 0 Å². The largest absolute Gasteiger partial charge is 0.357 e. The highest BCUT2D eigenvalue weighted by atomic mass is 35.5. The molecule has 4 nitrogen and oxygen atoms in total. The predicted octanol–water partition coefficient (Wildman–Crippen LogP) is 5.01. The van der Waals surface area contributed by atoms with Crippen LogP contribution in [0.4, 0.5) is 0 Å². The Kier molecular flexibility index (Phi) is 7.80. The molecule has 2 amide bonds. The lowest BCUT2D eigenvalue weighted by molar-refractivity contribution is -0.139. The molecule has 0 bridgehead atoms. The average molecular weight is 448 g/mol. The Morgan fingerprint density at radius 1 is 1.00 bits per heavy atom. The summed E-state index contributed by atoms with van der Waals surface area (Å²) in [4.78, 5) is 26.6. The van der Waals surface area contributed by atoms with Crippen molar-refractivity contribution in [3.05, 3.63) is 67.6 Å². The third-order valence-corrected chi connectivity index (χ3v) is 5.43. The van der Waals surface area contributed by atoms with Gasteiger partial charge in [0.2, 0.25) is 11.8 Å². The molecule has 8 heteroatoms. The number of nitrogens with one attached hydrogen (secondary N) is 1. The molecule has 0 aliphatic carbocycles. The summed E-state index contributed by atoms with van der Waals surface area (Å²) in [6, 6.07) is 9.37. The number of carbonyl (C=O) groups excluding carboxylic acids is 2. The molecule has 1 atom stereocenters. The minimum atomic E-state index is -0.678. The van der Waals surface area contributed by atoms with Crippen LogP contribution in [0, 0.1) is 0 Å². The Labute approximate surface area is 178 Å². The average Bonchev–Trinajstić information content (AvgIpc) is 2.63. The van der Waals surface area contributed by atoms with Gasteiger partial charge in [0.1, 0.15) is 6.04 Å². The summed E-state index contributed by atoms with van der Waals surface area (Å²) in [6.07, 6.45) is 0.0403. The minimum Gasteiger partial charge on any atom is -0.357 e. The van der Waals surface area contributed by atoms with E-state index in [1.54, 1.807) is 43.3 Å². The van der Waals surface area contributed by atoms with Gasteiger partial charge < -0.3 is 10.2 Å². The van der Waals surface area contributed by atoms with E-state index in [4.69, 9.17) is 46.4 Å². The fourth-order valence-electron chi connectivity index (χ4n) is 2.56. The molecule has 144 valence electrons. The zero-order chi connectivity index (χ0) is 20.1. The third kappa shape index (κ3) is 5.76. The Hall–Kier alpha value is -1.46. The van der Waals surface area contributed by atoms with Crippen LogP contribution in [0.3, 0.4) is 0 Å². The van der Waals surface area contributed by atoms with Crippen molar-refractivity contribution in [1.82, 2.24) is 10.2 Å². The molecular weight excluding hydrogens is 430 g/mol. The molecule has 0 aliphatic rings. The van der Waals surface area contributed by atoms with Crippen molar-refractivity contribution in [3.63, 3.8) is 0 Å². The van der Waals surface area contributed by atoms with Crippen LogP contribution in [0.25, 0.3) is 0 Å². The van der Waals surface area contributed by atoms with Crippen molar-refractivity contribution in [2.24, 2.45) is 0 Å². The first-order valence-corrected chi connectivity index (χ1v) is 9.63. The highest BCUT2D eigenvalue weighted by molar-refractivity contribution is 6.42. The molecule has 0 saturated heterocycles. The van der Waals surface area contributed by atoms with Gasteiger partial charge in [0, 0.05) is 23.6 Å². The zero-order valence-corrected chi connectivity index (χ0v) is 17.8. The Balaban J connectivity index is 2.28. The summed E-state index contributed by atoms with van der Waals surface area (Å²) in [6.45, 7) is 1.87. The highest BCUT2D eigenvalue weighted by Crippen LogP contribution is 2.25. The summed E-state index contributed by atoms with van der Waals surface area (Å²) in [5.74, 6) is -0.521. The molecular formula is C19H18Cl4N2O2. The monoisotopic (exact) mass is 446 g/mol. The van der Waals surface area contributed by atoms with E-state index in [1.165, 1.54) is 11.9 Å². The first kappa shape index (κ1) is 21.8. The maximum Gasteiger partial charge on any atom is 0.242 e. The molecule has 27 heavy (non-hydrogen) atoms. The number of nitrogens with zero attached hydrogens (tertiary/aromatic N) is 1. The van der Waals surface area contributed by atoms with Gasteiger partial charge in [0.15, 0.2) is 0 Å². The van der Waals surface area contributed by atoms with Crippen molar-refractivity contribution < 1.29 is 9.59 Å². The zero-order valence-electron chi connectivity index (χ0n) is 14.7. The van der Waals surface area contributed by atoms with Gasteiger partial charge >= 0.3 is 0 Å². The third-order valence-electron chi connectivity index (χ3n) is 4.11. The molecule has 0 fully saturated rings. The number of halogens is 4. The summed E-state index contributed by atoms with van der Waals surface area (Å²) in [7, 11) is 1.52. The van der Waals surface area contributed by atoms with Gasteiger partial charge in [-0.25, -0.2) is 0 Å². The molecule has 0 saturated carbocycles. The maximum absolute atomic E-state index is 13.0. The fourth-order valence-corrected chi connectivity index (χ4v) is 3.35. The van der Waals surface area contributed by atoms with E-state index in [2.05, 4.69) is 5.32 Å². The number of amides is 2. The van der Waals surface area contributed by atoms with Crippen LogP contribution < -0.4 is 5.32 Å². The second kappa shape index (κ2) is 9.65. The highest BCUT2D eigenvalue weighted by Gasteiger charge is 2.26. The van der Waals surface area contributed by atoms with E-state index in [-0.39, 0.29) is 24.8 Å². The van der Waals surface area contributed by atoms with Gasteiger partial charge in [-0.3, -0.25) is 9.59 Å². The van der Waals surface area contributed by atoms with Gasteiger partial charge in [-0.2, -0.15) is 0 Å². The molecule has 1 N–H and O–H groups in total. The SMILES string of the molecule is CNC(=O)[C@H](C)N(Cc1ccc(Cl)c(Cl)c1)C(=O)Cc1ccc(Cl)cc1Cl. The Morgan fingerprint density at radius 3 is 2.30 bits per heavy atom. The second-order valence-corrected chi connectivity index (χ2v) is 7.63. The molecule has 0 spiro atoms. The van der Waals surface area contributed by atoms with Crippen LogP contribution >= 0.6 is 46.4 Å². The van der Waals surface area contributed by atoms with Crippen LogP contribution in [0.15, 0.2) is 36.4 Å². The van der Waals surface area contributed by atoms with Gasteiger partial charge in [-0.15, -0.1) is 0 Å². The van der Waals surface area contributed by atoms with Crippen molar-refractivity contribution >= 4 is 58.2 Å². The summed E-state index contributed by atoms with van der Waals surface area (Å²) < 4.78 is 0. The summed E-state index contributed by atoms with van der Waals surface area (Å²) in [5, 5.41) is 4.26. The number of likely N-dealkylation sites (N-methyl/N-ethyl adjacent to an activating group) is 1. The van der Waals surface area contributed by atoms with Crippen LogP contribution in [-0.2, 0) is 22.6 Å². The van der Waals surface area contributed by atoms with E-state index in [0.717, 1.165) is 5.56 Å². The molecule has 2 aromatic rings. The lowest BCUT2D eigenvalue weighted by atomic mass is 10.1. The number of carbonyl (C=O) groups is 2. The van der Waals surface area contributed by atoms with Crippen LogP contribution in [0.2, 0.25) is 20.1 Å².